The van der Waals surface area contributed by atoms with E-state index in [0.717, 1.165) is 18.7 Å². The zero-order chi connectivity index (χ0) is 11.8. The molecule has 1 heterocycles. The summed E-state index contributed by atoms with van der Waals surface area (Å²) < 4.78 is 39.6. The van der Waals surface area contributed by atoms with Crippen molar-refractivity contribution in [3.63, 3.8) is 0 Å². The second-order valence-electron chi connectivity index (χ2n) is 3.59. The lowest BCUT2D eigenvalue weighted by Crippen LogP contribution is -2.39. The zero-order valence-corrected chi connectivity index (χ0v) is 8.90. The highest BCUT2D eigenvalue weighted by molar-refractivity contribution is 6.31. The quantitative estimate of drug-likeness (QED) is 0.873. The third kappa shape index (κ3) is 2.59. The Bertz CT molecular complexity index is 390. The minimum Gasteiger partial charge on any atom is -0.406 e. The van der Waals surface area contributed by atoms with E-state index in [2.05, 4.69) is 10.1 Å². The summed E-state index contributed by atoms with van der Waals surface area (Å²) in [6.45, 7) is 1.61. The van der Waals surface area contributed by atoms with Gasteiger partial charge in [0.25, 0.3) is 0 Å². The van der Waals surface area contributed by atoms with Gasteiger partial charge in [-0.05, 0) is 17.7 Å². The van der Waals surface area contributed by atoms with E-state index in [4.69, 9.17) is 11.6 Å². The van der Waals surface area contributed by atoms with Crippen LogP contribution in [-0.4, -0.2) is 19.5 Å². The molecule has 0 bridgehead atoms. The number of hydrogen-bond donors (Lipinski definition) is 1. The van der Waals surface area contributed by atoms with E-state index in [9.17, 15) is 13.2 Å². The summed E-state index contributed by atoms with van der Waals surface area (Å²) in [5, 5.41) is 3.38. The lowest BCUT2D eigenvalue weighted by molar-refractivity contribution is -0.274. The molecule has 1 aliphatic rings. The number of rotatable bonds is 2. The smallest absolute Gasteiger partial charge is 0.406 e. The highest BCUT2D eigenvalue weighted by Gasteiger charge is 2.31. The molecule has 1 aliphatic heterocycles. The van der Waals surface area contributed by atoms with Crippen molar-refractivity contribution in [2.24, 2.45) is 0 Å². The van der Waals surface area contributed by atoms with Crippen molar-refractivity contribution in [3.8, 4) is 5.75 Å². The third-order valence-electron chi connectivity index (χ3n) is 2.43. The summed E-state index contributed by atoms with van der Waals surface area (Å²) in [5.41, 5.74) is 0.856. The fourth-order valence-corrected chi connectivity index (χ4v) is 1.87. The Morgan fingerprint density at radius 3 is 2.44 bits per heavy atom. The summed E-state index contributed by atoms with van der Waals surface area (Å²) in [4.78, 5) is 0. The Morgan fingerprint density at radius 1 is 1.31 bits per heavy atom. The van der Waals surface area contributed by atoms with Crippen LogP contribution in [0.25, 0.3) is 0 Å². The van der Waals surface area contributed by atoms with Crippen molar-refractivity contribution >= 4 is 11.6 Å². The van der Waals surface area contributed by atoms with Crippen LogP contribution >= 0.6 is 11.6 Å². The summed E-state index contributed by atoms with van der Waals surface area (Å²) in [7, 11) is 0. The summed E-state index contributed by atoms with van der Waals surface area (Å²) in [5.74, 6) is 0.000898. The highest BCUT2D eigenvalue weighted by Crippen LogP contribution is 2.32. The second-order valence-corrected chi connectivity index (χ2v) is 3.99. The molecule has 0 radical (unpaired) electrons. The Morgan fingerprint density at radius 2 is 2.00 bits per heavy atom. The molecule has 0 aromatic heterocycles. The molecule has 0 unspecified atom stereocenters. The fourth-order valence-electron chi connectivity index (χ4n) is 1.54. The molecule has 1 saturated heterocycles. The largest absolute Gasteiger partial charge is 0.573 e. The van der Waals surface area contributed by atoms with Crippen LogP contribution in [0, 0.1) is 0 Å². The molecule has 16 heavy (non-hydrogen) atoms. The van der Waals surface area contributed by atoms with Gasteiger partial charge in [-0.3, -0.25) is 0 Å². The van der Waals surface area contributed by atoms with E-state index >= 15 is 0 Å². The van der Waals surface area contributed by atoms with Crippen LogP contribution in [-0.2, 0) is 0 Å². The van der Waals surface area contributed by atoms with Gasteiger partial charge in [-0.1, -0.05) is 17.7 Å². The van der Waals surface area contributed by atoms with E-state index in [1.165, 1.54) is 12.1 Å². The van der Waals surface area contributed by atoms with Gasteiger partial charge in [0, 0.05) is 24.0 Å². The number of benzene rings is 1. The Hall–Kier alpha value is -0.940. The third-order valence-corrected chi connectivity index (χ3v) is 2.75. The van der Waals surface area contributed by atoms with E-state index in [1.807, 2.05) is 0 Å². The standard InChI is InChI=1S/C10H9ClF3NO/c11-9-3-7(16-10(12,13)14)1-2-8(9)6-4-15-5-6/h1-3,6,15H,4-5H2. The van der Waals surface area contributed by atoms with Crippen molar-refractivity contribution in [2.75, 3.05) is 13.1 Å². The van der Waals surface area contributed by atoms with E-state index in [1.54, 1.807) is 6.07 Å². The molecule has 1 aromatic carbocycles. The minimum absolute atomic E-state index is 0.284. The number of ether oxygens (including phenoxy) is 1. The van der Waals surface area contributed by atoms with Gasteiger partial charge in [-0.25, -0.2) is 0 Å². The van der Waals surface area contributed by atoms with Crippen molar-refractivity contribution in [3.05, 3.63) is 28.8 Å². The van der Waals surface area contributed by atoms with Gasteiger partial charge < -0.3 is 10.1 Å². The molecule has 0 aliphatic carbocycles. The maximum absolute atomic E-state index is 11.9. The van der Waals surface area contributed by atoms with Crippen LogP contribution in [0.3, 0.4) is 0 Å². The number of halogens is 4. The molecular weight excluding hydrogens is 243 g/mol. The summed E-state index contributed by atoms with van der Waals surface area (Å²) >= 11 is 5.89. The predicted molar refractivity (Wildman–Crippen MR) is 53.7 cm³/mol. The topological polar surface area (TPSA) is 21.3 Å². The summed E-state index contributed by atoms with van der Waals surface area (Å²) in [6.07, 6.45) is -4.68. The lowest BCUT2D eigenvalue weighted by Gasteiger charge is -2.28. The van der Waals surface area contributed by atoms with Crippen LogP contribution in [0.2, 0.25) is 5.02 Å². The fraction of sp³-hybridized carbons (Fsp3) is 0.400. The summed E-state index contributed by atoms with van der Waals surface area (Å²) in [6, 6.07) is 4.06. The lowest BCUT2D eigenvalue weighted by atomic mass is 9.94. The van der Waals surface area contributed by atoms with Crippen LogP contribution in [0.1, 0.15) is 11.5 Å². The molecule has 2 rings (SSSR count). The van der Waals surface area contributed by atoms with Gasteiger partial charge >= 0.3 is 6.36 Å². The minimum atomic E-state index is -4.68. The first-order valence-electron chi connectivity index (χ1n) is 4.71. The van der Waals surface area contributed by atoms with Gasteiger partial charge in [0.05, 0.1) is 0 Å². The van der Waals surface area contributed by atoms with Crippen LogP contribution < -0.4 is 10.1 Å². The molecule has 2 nitrogen and oxygen atoms in total. The van der Waals surface area contributed by atoms with Crippen LogP contribution in [0.15, 0.2) is 18.2 Å². The Kier molecular flexibility index (Phi) is 2.99. The molecule has 1 fully saturated rings. The zero-order valence-electron chi connectivity index (χ0n) is 8.14. The maximum atomic E-state index is 11.9. The van der Waals surface area contributed by atoms with Gasteiger partial charge in [-0.15, -0.1) is 13.2 Å². The number of hydrogen-bond acceptors (Lipinski definition) is 2. The number of alkyl halides is 3. The number of nitrogens with one attached hydrogen (secondary N) is 1. The Labute approximate surface area is 95.3 Å². The van der Waals surface area contributed by atoms with Gasteiger partial charge in [0.1, 0.15) is 5.75 Å². The molecule has 88 valence electrons. The van der Waals surface area contributed by atoms with Crippen molar-refractivity contribution in [1.29, 1.82) is 0 Å². The molecule has 1 aromatic rings. The molecule has 0 spiro atoms. The van der Waals surface area contributed by atoms with Crippen molar-refractivity contribution in [1.82, 2.24) is 5.32 Å². The van der Waals surface area contributed by atoms with Gasteiger partial charge in [0.2, 0.25) is 0 Å². The first-order valence-corrected chi connectivity index (χ1v) is 5.09. The van der Waals surface area contributed by atoms with Crippen molar-refractivity contribution in [2.45, 2.75) is 12.3 Å². The van der Waals surface area contributed by atoms with Crippen molar-refractivity contribution < 1.29 is 17.9 Å². The molecule has 1 N–H and O–H groups in total. The maximum Gasteiger partial charge on any atom is 0.573 e. The average molecular weight is 252 g/mol. The van der Waals surface area contributed by atoms with E-state index in [0.29, 0.717) is 5.02 Å². The first-order chi connectivity index (χ1) is 7.46. The normalized spacial score (nSPS) is 17.0. The second kappa shape index (κ2) is 4.14. The highest BCUT2D eigenvalue weighted by atomic mass is 35.5. The molecule has 0 atom stereocenters. The van der Waals surface area contributed by atoms with Gasteiger partial charge in [0.15, 0.2) is 0 Å². The molecule has 0 saturated carbocycles. The van der Waals surface area contributed by atoms with Crippen LogP contribution in [0.4, 0.5) is 13.2 Å². The molecule has 6 heteroatoms. The monoisotopic (exact) mass is 251 g/mol. The predicted octanol–water partition coefficient (Wildman–Crippen LogP) is 2.93. The van der Waals surface area contributed by atoms with E-state index < -0.39 is 6.36 Å². The molecule has 0 amide bonds. The van der Waals surface area contributed by atoms with E-state index in [-0.39, 0.29) is 11.7 Å². The Balaban J connectivity index is 2.15. The van der Waals surface area contributed by atoms with Gasteiger partial charge in [-0.2, -0.15) is 0 Å². The average Bonchev–Trinajstić information content (AvgIpc) is 2.03. The SMILES string of the molecule is FC(F)(F)Oc1ccc(C2CNC2)c(Cl)c1. The van der Waals surface area contributed by atoms with Crippen LogP contribution in [0.5, 0.6) is 5.75 Å². The first kappa shape index (κ1) is 11.5. The molecular formula is C10H9ClF3NO.